The summed E-state index contributed by atoms with van der Waals surface area (Å²) < 4.78 is 0.903. The SMILES string of the molecule is O=C(O)C1CCCC1C(=O)c1ccc(Br)s1. The summed E-state index contributed by atoms with van der Waals surface area (Å²) in [7, 11) is 0. The van der Waals surface area contributed by atoms with E-state index in [1.54, 1.807) is 6.07 Å². The van der Waals surface area contributed by atoms with Gasteiger partial charge in [0.15, 0.2) is 5.78 Å². The molecule has 0 radical (unpaired) electrons. The summed E-state index contributed by atoms with van der Waals surface area (Å²) in [6, 6.07) is 3.58. The lowest BCUT2D eigenvalue weighted by atomic mass is 9.91. The predicted octanol–water partition coefficient (Wildman–Crippen LogP) is 3.19. The molecule has 1 aliphatic rings. The Morgan fingerprint density at radius 1 is 1.31 bits per heavy atom. The molecule has 0 spiro atoms. The van der Waals surface area contributed by atoms with Crippen LogP contribution < -0.4 is 0 Å². The Balaban J connectivity index is 2.18. The Morgan fingerprint density at radius 3 is 2.56 bits per heavy atom. The van der Waals surface area contributed by atoms with Crippen LogP contribution in [0.2, 0.25) is 0 Å². The van der Waals surface area contributed by atoms with Crippen molar-refractivity contribution in [3.63, 3.8) is 0 Å². The maximum atomic E-state index is 12.1. The van der Waals surface area contributed by atoms with Crippen molar-refractivity contribution in [2.24, 2.45) is 11.8 Å². The van der Waals surface area contributed by atoms with Crippen molar-refractivity contribution in [3.8, 4) is 0 Å². The molecule has 1 aromatic heterocycles. The van der Waals surface area contributed by atoms with Gasteiger partial charge in [-0.3, -0.25) is 9.59 Å². The number of ketones is 1. The lowest BCUT2D eigenvalue weighted by molar-refractivity contribution is -0.142. The van der Waals surface area contributed by atoms with Crippen molar-refractivity contribution in [1.29, 1.82) is 0 Å². The van der Waals surface area contributed by atoms with E-state index in [-0.39, 0.29) is 11.7 Å². The first-order valence-corrected chi connectivity index (χ1v) is 6.73. The van der Waals surface area contributed by atoms with Gasteiger partial charge in [0.2, 0.25) is 0 Å². The van der Waals surface area contributed by atoms with Crippen molar-refractivity contribution >= 4 is 39.0 Å². The monoisotopic (exact) mass is 302 g/mol. The highest BCUT2D eigenvalue weighted by Gasteiger charge is 2.38. The van der Waals surface area contributed by atoms with Crippen LogP contribution in [0.4, 0.5) is 0 Å². The molecule has 1 N–H and O–H groups in total. The van der Waals surface area contributed by atoms with Gasteiger partial charge >= 0.3 is 5.97 Å². The molecule has 0 bridgehead atoms. The fourth-order valence-electron chi connectivity index (χ4n) is 2.20. The van der Waals surface area contributed by atoms with Crippen molar-refractivity contribution in [3.05, 3.63) is 20.8 Å². The van der Waals surface area contributed by atoms with Crippen LogP contribution in [0, 0.1) is 11.8 Å². The van der Waals surface area contributed by atoms with Crippen LogP contribution in [-0.2, 0) is 4.79 Å². The lowest BCUT2D eigenvalue weighted by Crippen LogP contribution is -2.24. The molecule has 16 heavy (non-hydrogen) atoms. The summed E-state index contributed by atoms with van der Waals surface area (Å²) in [5.41, 5.74) is 0. The van der Waals surface area contributed by atoms with E-state index in [0.29, 0.717) is 17.7 Å². The maximum absolute atomic E-state index is 12.1. The maximum Gasteiger partial charge on any atom is 0.307 e. The van der Waals surface area contributed by atoms with Crippen LogP contribution in [0.3, 0.4) is 0 Å². The second-order valence-corrected chi connectivity index (χ2v) is 6.41. The van der Waals surface area contributed by atoms with Crippen LogP contribution in [0.15, 0.2) is 15.9 Å². The normalized spacial score (nSPS) is 24.6. The Kier molecular flexibility index (Phi) is 3.44. The highest BCUT2D eigenvalue weighted by atomic mass is 79.9. The van der Waals surface area contributed by atoms with E-state index in [1.807, 2.05) is 6.07 Å². The minimum absolute atomic E-state index is 0.0133. The Hall–Kier alpha value is -0.680. The molecule has 1 saturated carbocycles. The summed E-state index contributed by atoms with van der Waals surface area (Å²) in [5.74, 6) is -1.68. The third kappa shape index (κ3) is 2.20. The first-order chi connectivity index (χ1) is 7.59. The van der Waals surface area contributed by atoms with Gasteiger partial charge in [0.25, 0.3) is 0 Å². The number of carbonyl (C=O) groups is 2. The molecule has 0 aliphatic heterocycles. The second kappa shape index (κ2) is 4.67. The molecule has 0 aromatic carbocycles. The van der Waals surface area contributed by atoms with Gasteiger partial charge in [-0.2, -0.15) is 0 Å². The number of carbonyl (C=O) groups excluding carboxylic acids is 1. The van der Waals surface area contributed by atoms with Gasteiger partial charge in [-0.25, -0.2) is 0 Å². The molecule has 1 fully saturated rings. The molecule has 1 aromatic rings. The summed E-state index contributed by atoms with van der Waals surface area (Å²) in [6.07, 6.45) is 2.16. The summed E-state index contributed by atoms with van der Waals surface area (Å²) in [5, 5.41) is 9.03. The Labute approximate surface area is 106 Å². The quantitative estimate of drug-likeness (QED) is 0.872. The van der Waals surface area contributed by atoms with Gasteiger partial charge < -0.3 is 5.11 Å². The summed E-state index contributed by atoms with van der Waals surface area (Å²) in [6.45, 7) is 0. The van der Waals surface area contributed by atoms with Crippen molar-refractivity contribution in [2.75, 3.05) is 0 Å². The molecule has 0 saturated heterocycles. The molecule has 0 amide bonds. The van der Waals surface area contributed by atoms with E-state index >= 15 is 0 Å². The number of carboxylic acid groups (broad SMARTS) is 1. The van der Waals surface area contributed by atoms with E-state index in [1.165, 1.54) is 11.3 Å². The van der Waals surface area contributed by atoms with Crippen LogP contribution >= 0.6 is 27.3 Å². The number of aliphatic carboxylic acids is 1. The molecule has 2 unspecified atom stereocenters. The lowest BCUT2D eigenvalue weighted by Gasteiger charge is -2.12. The standard InChI is InChI=1S/C11H11BrO3S/c12-9-5-4-8(16-9)10(13)6-2-1-3-7(6)11(14)15/h4-7H,1-3H2,(H,14,15). The highest BCUT2D eigenvalue weighted by molar-refractivity contribution is 9.11. The minimum atomic E-state index is -0.841. The fraction of sp³-hybridized carbons (Fsp3) is 0.455. The number of hydrogen-bond donors (Lipinski definition) is 1. The van der Waals surface area contributed by atoms with Crippen molar-refractivity contribution < 1.29 is 14.7 Å². The third-order valence-corrected chi connectivity index (χ3v) is 4.62. The van der Waals surface area contributed by atoms with E-state index in [0.717, 1.165) is 10.2 Å². The van der Waals surface area contributed by atoms with E-state index in [4.69, 9.17) is 5.11 Å². The molecule has 2 atom stereocenters. The fourth-order valence-corrected chi connectivity index (χ4v) is 3.59. The number of carboxylic acids is 1. The molecule has 3 nitrogen and oxygen atoms in total. The Bertz CT molecular complexity index is 427. The van der Waals surface area contributed by atoms with Gasteiger partial charge in [0.05, 0.1) is 14.6 Å². The van der Waals surface area contributed by atoms with Crippen molar-refractivity contribution in [2.45, 2.75) is 19.3 Å². The van der Waals surface area contributed by atoms with E-state index in [2.05, 4.69) is 15.9 Å². The van der Waals surface area contributed by atoms with Gasteiger partial charge in [-0.15, -0.1) is 11.3 Å². The largest absolute Gasteiger partial charge is 0.481 e. The molecular formula is C11H11BrO3S. The zero-order chi connectivity index (χ0) is 11.7. The zero-order valence-electron chi connectivity index (χ0n) is 8.48. The van der Waals surface area contributed by atoms with E-state index < -0.39 is 11.9 Å². The summed E-state index contributed by atoms with van der Waals surface area (Å²) >= 11 is 4.67. The molecule has 86 valence electrons. The van der Waals surface area contributed by atoms with Crippen molar-refractivity contribution in [1.82, 2.24) is 0 Å². The first kappa shape index (κ1) is 11.8. The number of rotatable bonds is 3. The molecule has 1 aliphatic carbocycles. The van der Waals surface area contributed by atoms with Gasteiger partial charge in [-0.1, -0.05) is 6.42 Å². The van der Waals surface area contributed by atoms with Crippen LogP contribution in [-0.4, -0.2) is 16.9 Å². The number of halogens is 1. The average molecular weight is 303 g/mol. The highest BCUT2D eigenvalue weighted by Crippen LogP contribution is 2.36. The molecule has 5 heteroatoms. The third-order valence-electron chi connectivity index (χ3n) is 2.99. The van der Waals surface area contributed by atoms with Crippen LogP contribution in [0.1, 0.15) is 28.9 Å². The smallest absolute Gasteiger partial charge is 0.307 e. The minimum Gasteiger partial charge on any atom is -0.481 e. The van der Waals surface area contributed by atoms with Gasteiger partial charge in [0.1, 0.15) is 0 Å². The number of Topliss-reactive ketones (excluding diaryl/α,β-unsaturated/α-hetero) is 1. The summed E-state index contributed by atoms with van der Waals surface area (Å²) in [4.78, 5) is 23.8. The molecule has 2 rings (SSSR count). The predicted molar refractivity (Wildman–Crippen MR) is 64.8 cm³/mol. The van der Waals surface area contributed by atoms with Gasteiger partial charge in [-0.05, 0) is 40.9 Å². The molecule has 1 heterocycles. The number of thiophene rings is 1. The van der Waals surface area contributed by atoms with Crippen LogP contribution in [0.5, 0.6) is 0 Å². The van der Waals surface area contributed by atoms with Crippen LogP contribution in [0.25, 0.3) is 0 Å². The zero-order valence-corrected chi connectivity index (χ0v) is 10.9. The van der Waals surface area contributed by atoms with E-state index in [9.17, 15) is 9.59 Å². The van der Waals surface area contributed by atoms with Gasteiger partial charge in [0, 0.05) is 5.92 Å². The topological polar surface area (TPSA) is 54.4 Å². The number of hydrogen-bond acceptors (Lipinski definition) is 3. The Morgan fingerprint density at radius 2 is 2.00 bits per heavy atom. The molecular weight excluding hydrogens is 292 g/mol. The first-order valence-electron chi connectivity index (χ1n) is 5.12. The average Bonchev–Trinajstić information content (AvgIpc) is 2.84. The second-order valence-electron chi connectivity index (χ2n) is 3.95.